The van der Waals surface area contributed by atoms with Gasteiger partial charge in [-0.1, -0.05) is 11.3 Å². The Balaban J connectivity index is 2.08. The molecule has 2 aromatic rings. The maximum absolute atomic E-state index is 12.1. The standard InChI is InChI=1S/C14H19N5O2S/c1-8-6-9(2)19(17-8)7-11(20)16-14-15-10(3)12(22-14)13(21)18(4)5/h6H,7H2,1-5H3,(H,15,16,20). The number of anilines is 1. The van der Waals surface area contributed by atoms with Crippen molar-refractivity contribution in [2.75, 3.05) is 19.4 Å². The number of carbonyl (C=O) groups excluding carboxylic acids is 2. The van der Waals surface area contributed by atoms with E-state index in [1.807, 2.05) is 19.9 Å². The zero-order valence-corrected chi connectivity index (χ0v) is 14.1. The van der Waals surface area contributed by atoms with Gasteiger partial charge >= 0.3 is 0 Å². The van der Waals surface area contributed by atoms with Crippen molar-refractivity contribution >= 4 is 28.3 Å². The molecular formula is C14H19N5O2S. The Labute approximate surface area is 133 Å². The molecule has 0 aliphatic heterocycles. The molecule has 0 atom stereocenters. The van der Waals surface area contributed by atoms with Crippen molar-refractivity contribution in [3.8, 4) is 0 Å². The van der Waals surface area contributed by atoms with Gasteiger partial charge < -0.3 is 10.2 Å². The Kier molecular flexibility index (Phi) is 4.60. The van der Waals surface area contributed by atoms with E-state index < -0.39 is 0 Å². The summed E-state index contributed by atoms with van der Waals surface area (Å²) in [4.78, 5) is 30.3. The first-order chi connectivity index (χ1) is 10.3. The summed E-state index contributed by atoms with van der Waals surface area (Å²) in [7, 11) is 3.37. The van der Waals surface area contributed by atoms with E-state index in [1.54, 1.807) is 25.7 Å². The molecule has 0 bridgehead atoms. The molecule has 2 rings (SSSR count). The van der Waals surface area contributed by atoms with E-state index in [0.29, 0.717) is 15.7 Å². The number of hydrogen-bond acceptors (Lipinski definition) is 5. The lowest BCUT2D eigenvalue weighted by Gasteiger charge is -2.07. The Morgan fingerprint density at radius 1 is 1.32 bits per heavy atom. The highest BCUT2D eigenvalue weighted by Gasteiger charge is 2.18. The fraction of sp³-hybridized carbons (Fsp3) is 0.429. The van der Waals surface area contributed by atoms with Crippen LogP contribution in [0.15, 0.2) is 6.07 Å². The summed E-state index contributed by atoms with van der Waals surface area (Å²) in [6.07, 6.45) is 0. The van der Waals surface area contributed by atoms with Gasteiger partial charge in [0.05, 0.1) is 11.4 Å². The smallest absolute Gasteiger partial charge is 0.265 e. The molecule has 0 radical (unpaired) electrons. The van der Waals surface area contributed by atoms with Crippen molar-refractivity contribution in [2.24, 2.45) is 0 Å². The molecule has 0 aliphatic rings. The van der Waals surface area contributed by atoms with Crippen molar-refractivity contribution in [1.82, 2.24) is 19.7 Å². The molecule has 8 heteroatoms. The molecular weight excluding hydrogens is 302 g/mol. The highest BCUT2D eigenvalue weighted by Crippen LogP contribution is 2.23. The largest absolute Gasteiger partial charge is 0.344 e. The van der Waals surface area contributed by atoms with Gasteiger partial charge in [0, 0.05) is 19.8 Å². The van der Waals surface area contributed by atoms with E-state index in [2.05, 4.69) is 15.4 Å². The second-order valence-corrected chi connectivity index (χ2v) is 6.27. The third-order valence-corrected chi connectivity index (χ3v) is 4.10. The molecule has 0 saturated heterocycles. The molecule has 22 heavy (non-hydrogen) atoms. The summed E-state index contributed by atoms with van der Waals surface area (Å²) >= 11 is 1.18. The average molecular weight is 321 g/mol. The Morgan fingerprint density at radius 2 is 2.00 bits per heavy atom. The molecule has 0 aliphatic carbocycles. The third-order valence-electron chi connectivity index (χ3n) is 3.04. The number of carbonyl (C=O) groups is 2. The monoisotopic (exact) mass is 321 g/mol. The summed E-state index contributed by atoms with van der Waals surface area (Å²) in [5.74, 6) is -0.335. The van der Waals surface area contributed by atoms with E-state index in [0.717, 1.165) is 11.4 Å². The first-order valence-electron chi connectivity index (χ1n) is 6.78. The SMILES string of the molecule is Cc1cc(C)n(CC(=O)Nc2nc(C)c(C(=O)N(C)C)s2)n1. The quantitative estimate of drug-likeness (QED) is 0.927. The van der Waals surface area contributed by atoms with Crippen LogP contribution < -0.4 is 5.32 Å². The fourth-order valence-electron chi connectivity index (χ4n) is 1.98. The summed E-state index contributed by atoms with van der Waals surface area (Å²) in [5.41, 5.74) is 2.41. The van der Waals surface area contributed by atoms with Crippen LogP contribution in [0.5, 0.6) is 0 Å². The second kappa shape index (κ2) is 6.27. The molecule has 0 saturated carbocycles. The lowest BCUT2D eigenvalue weighted by atomic mass is 10.3. The topological polar surface area (TPSA) is 80.1 Å². The molecule has 118 valence electrons. The maximum atomic E-state index is 12.1. The molecule has 7 nitrogen and oxygen atoms in total. The minimum atomic E-state index is -0.219. The molecule has 2 heterocycles. The lowest BCUT2D eigenvalue weighted by molar-refractivity contribution is -0.116. The van der Waals surface area contributed by atoms with Gasteiger partial charge in [0.25, 0.3) is 5.91 Å². The van der Waals surface area contributed by atoms with E-state index >= 15 is 0 Å². The van der Waals surface area contributed by atoms with Gasteiger partial charge in [-0.2, -0.15) is 5.10 Å². The molecule has 0 aromatic carbocycles. The third kappa shape index (κ3) is 3.51. The van der Waals surface area contributed by atoms with Crippen molar-refractivity contribution < 1.29 is 9.59 Å². The predicted octanol–water partition coefficient (Wildman–Crippen LogP) is 1.61. The number of aromatic nitrogens is 3. The van der Waals surface area contributed by atoms with E-state index in [9.17, 15) is 9.59 Å². The highest BCUT2D eigenvalue weighted by atomic mass is 32.1. The highest BCUT2D eigenvalue weighted by molar-refractivity contribution is 7.17. The van der Waals surface area contributed by atoms with Crippen molar-refractivity contribution in [2.45, 2.75) is 27.3 Å². The van der Waals surface area contributed by atoms with Crippen molar-refractivity contribution in [3.05, 3.63) is 28.0 Å². The predicted molar refractivity (Wildman–Crippen MR) is 85.2 cm³/mol. The van der Waals surface area contributed by atoms with Gasteiger partial charge in [-0.15, -0.1) is 0 Å². The minimum absolute atomic E-state index is 0.117. The van der Waals surface area contributed by atoms with Crippen LogP contribution in [-0.4, -0.2) is 45.6 Å². The van der Waals surface area contributed by atoms with Crippen LogP contribution in [0.25, 0.3) is 0 Å². The number of hydrogen-bond donors (Lipinski definition) is 1. The Hall–Kier alpha value is -2.22. The first kappa shape index (κ1) is 16.2. The van der Waals surface area contributed by atoms with Gasteiger partial charge in [-0.3, -0.25) is 14.3 Å². The number of nitrogens with one attached hydrogen (secondary N) is 1. The maximum Gasteiger partial charge on any atom is 0.265 e. The zero-order valence-electron chi connectivity index (χ0n) is 13.3. The van der Waals surface area contributed by atoms with Crippen LogP contribution >= 0.6 is 11.3 Å². The van der Waals surface area contributed by atoms with Gasteiger partial charge in [-0.05, 0) is 26.8 Å². The van der Waals surface area contributed by atoms with Gasteiger partial charge in [-0.25, -0.2) is 4.98 Å². The Bertz CT molecular complexity index is 717. The molecule has 0 fully saturated rings. The van der Waals surface area contributed by atoms with Crippen molar-refractivity contribution in [3.63, 3.8) is 0 Å². The zero-order chi connectivity index (χ0) is 16.4. The van der Waals surface area contributed by atoms with Crippen LogP contribution in [-0.2, 0) is 11.3 Å². The number of thiazole rings is 1. The minimum Gasteiger partial charge on any atom is -0.344 e. The van der Waals surface area contributed by atoms with Crippen LogP contribution in [0.2, 0.25) is 0 Å². The first-order valence-corrected chi connectivity index (χ1v) is 7.59. The van der Waals surface area contributed by atoms with Crippen LogP contribution in [0.3, 0.4) is 0 Å². The van der Waals surface area contributed by atoms with Gasteiger partial charge in [0.15, 0.2) is 5.13 Å². The second-order valence-electron chi connectivity index (χ2n) is 5.27. The van der Waals surface area contributed by atoms with Crippen molar-refractivity contribution in [1.29, 1.82) is 0 Å². The average Bonchev–Trinajstić information content (AvgIpc) is 2.91. The lowest BCUT2D eigenvalue weighted by Crippen LogP contribution is -2.21. The summed E-state index contributed by atoms with van der Waals surface area (Å²) in [6, 6.07) is 1.91. The number of rotatable bonds is 4. The normalized spacial score (nSPS) is 10.6. The van der Waals surface area contributed by atoms with Crippen LogP contribution in [0, 0.1) is 20.8 Å². The molecule has 2 amide bonds. The van der Waals surface area contributed by atoms with Gasteiger partial charge in [0.2, 0.25) is 5.91 Å². The summed E-state index contributed by atoms with van der Waals surface area (Å²) in [5, 5.41) is 7.39. The van der Waals surface area contributed by atoms with E-state index in [4.69, 9.17) is 0 Å². The molecule has 1 N–H and O–H groups in total. The van der Waals surface area contributed by atoms with Gasteiger partial charge in [0.1, 0.15) is 11.4 Å². The molecule has 2 aromatic heterocycles. The number of nitrogens with zero attached hydrogens (tertiary/aromatic N) is 4. The van der Waals surface area contributed by atoms with Crippen LogP contribution in [0.4, 0.5) is 5.13 Å². The molecule has 0 spiro atoms. The van der Waals surface area contributed by atoms with E-state index in [1.165, 1.54) is 16.2 Å². The number of amides is 2. The Morgan fingerprint density at radius 3 is 2.55 bits per heavy atom. The van der Waals surface area contributed by atoms with Crippen LogP contribution in [0.1, 0.15) is 26.8 Å². The number of aryl methyl sites for hydroxylation is 3. The summed E-state index contributed by atoms with van der Waals surface area (Å²) in [6.45, 7) is 5.65. The molecule has 0 unspecified atom stereocenters. The summed E-state index contributed by atoms with van der Waals surface area (Å²) < 4.78 is 1.64. The van der Waals surface area contributed by atoms with E-state index in [-0.39, 0.29) is 18.4 Å². The fourth-order valence-corrected chi connectivity index (χ4v) is 2.99.